The third-order valence-corrected chi connectivity index (χ3v) is 1.69. The highest BCUT2D eigenvalue weighted by Crippen LogP contribution is 1.98. The van der Waals surface area contributed by atoms with E-state index in [0.717, 1.165) is 5.56 Å². The molecule has 0 fully saturated rings. The molecule has 0 unspecified atom stereocenters. The normalized spacial score (nSPS) is 10.4. The molecule has 6 heteroatoms. The van der Waals surface area contributed by atoms with Gasteiger partial charge in [0.1, 0.15) is 12.4 Å². The summed E-state index contributed by atoms with van der Waals surface area (Å²) in [6.07, 6.45) is 5.18. The lowest BCUT2D eigenvalue weighted by molar-refractivity contribution is 0.624. The molecule has 2 heterocycles. The molecule has 0 spiro atoms. The van der Waals surface area contributed by atoms with Crippen LogP contribution in [0.1, 0.15) is 11.4 Å². The van der Waals surface area contributed by atoms with Crippen molar-refractivity contribution in [2.75, 3.05) is 5.73 Å². The SMILES string of the molecule is Cc1cnc(Cn2cc(N)nn2)nc1. The second-order valence-corrected chi connectivity index (χ2v) is 3.02. The van der Waals surface area contributed by atoms with E-state index >= 15 is 0 Å². The number of rotatable bonds is 2. The van der Waals surface area contributed by atoms with E-state index in [9.17, 15) is 0 Å². The van der Waals surface area contributed by atoms with Gasteiger partial charge in [-0.25, -0.2) is 14.6 Å². The van der Waals surface area contributed by atoms with Crippen molar-refractivity contribution in [2.45, 2.75) is 13.5 Å². The predicted molar refractivity (Wildman–Crippen MR) is 50.3 cm³/mol. The molecule has 2 aromatic heterocycles. The average Bonchev–Trinajstić information content (AvgIpc) is 2.56. The van der Waals surface area contributed by atoms with Crippen LogP contribution in [0.5, 0.6) is 0 Å². The van der Waals surface area contributed by atoms with Gasteiger partial charge in [-0.1, -0.05) is 5.21 Å². The summed E-state index contributed by atoms with van der Waals surface area (Å²) in [5.74, 6) is 1.10. The Labute approximate surface area is 80.8 Å². The molecule has 2 rings (SSSR count). The highest BCUT2D eigenvalue weighted by atomic mass is 15.4. The van der Waals surface area contributed by atoms with E-state index in [1.807, 2.05) is 6.92 Å². The minimum atomic E-state index is 0.400. The van der Waals surface area contributed by atoms with Crippen molar-refractivity contribution in [1.29, 1.82) is 0 Å². The van der Waals surface area contributed by atoms with Crippen LogP contribution < -0.4 is 5.73 Å². The molecule has 2 N–H and O–H groups in total. The number of aromatic nitrogens is 5. The molecule has 0 aromatic carbocycles. The first-order valence-corrected chi connectivity index (χ1v) is 4.17. The van der Waals surface area contributed by atoms with Crippen molar-refractivity contribution < 1.29 is 0 Å². The zero-order valence-electron chi connectivity index (χ0n) is 7.75. The number of hydrogen-bond acceptors (Lipinski definition) is 5. The van der Waals surface area contributed by atoms with Crippen LogP contribution in [0.3, 0.4) is 0 Å². The van der Waals surface area contributed by atoms with Gasteiger partial charge in [0.25, 0.3) is 0 Å². The summed E-state index contributed by atoms with van der Waals surface area (Å²) in [5, 5.41) is 7.46. The molecule has 0 radical (unpaired) electrons. The third-order valence-electron chi connectivity index (χ3n) is 1.69. The van der Waals surface area contributed by atoms with Gasteiger partial charge < -0.3 is 5.73 Å². The molecule has 0 aliphatic carbocycles. The molecule has 0 saturated heterocycles. The summed E-state index contributed by atoms with van der Waals surface area (Å²) in [4.78, 5) is 8.28. The van der Waals surface area contributed by atoms with Crippen LogP contribution in [-0.2, 0) is 6.54 Å². The van der Waals surface area contributed by atoms with Gasteiger partial charge in [0.2, 0.25) is 0 Å². The van der Waals surface area contributed by atoms with Gasteiger partial charge in [-0.15, -0.1) is 5.10 Å². The van der Waals surface area contributed by atoms with E-state index in [-0.39, 0.29) is 0 Å². The molecule has 0 aliphatic rings. The van der Waals surface area contributed by atoms with E-state index in [1.165, 1.54) is 0 Å². The molecule has 14 heavy (non-hydrogen) atoms. The Morgan fingerprint density at radius 1 is 1.36 bits per heavy atom. The number of nitrogens with two attached hydrogens (primary N) is 1. The van der Waals surface area contributed by atoms with E-state index in [1.54, 1.807) is 23.3 Å². The first-order valence-electron chi connectivity index (χ1n) is 4.17. The molecule has 6 nitrogen and oxygen atoms in total. The van der Waals surface area contributed by atoms with Gasteiger partial charge in [-0.3, -0.25) is 0 Å². The molecule has 0 atom stereocenters. The molecule has 0 saturated carbocycles. The van der Waals surface area contributed by atoms with Crippen LogP contribution in [0.15, 0.2) is 18.6 Å². The smallest absolute Gasteiger partial charge is 0.165 e. The fourth-order valence-corrected chi connectivity index (χ4v) is 1.04. The summed E-state index contributed by atoms with van der Waals surface area (Å²) in [6, 6.07) is 0. The first kappa shape index (κ1) is 8.61. The molecule has 0 aliphatic heterocycles. The largest absolute Gasteiger partial charge is 0.381 e. The maximum absolute atomic E-state index is 5.42. The number of hydrogen-bond donors (Lipinski definition) is 1. The van der Waals surface area contributed by atoms with E-state index in [4.69, 9.17) is 5.73 Å². The first-order chi connectivity index (χ1) is 6.74. The average molecular weight is 190 g/mol. The Hall–Kier alpha value is -1.98. The van der Waals surface area contributed by atoms with Crippen molar-refractivity contribution in [3.8, 4) is 0 Å². The predicted octanol–water partition coefficient (Wildman–Crippen LogP) is 0.00702. The fourth-order valence-electron chi connectivity index (χ4n) is 1.04. The van der Waals surface area contributed by atoms with E-state index in [0.29, 0.717) is 18.2 Å². The molecule has 0 amide bonds. The number of nitrogens with zero attached hydrogens (tertiary/aromatic N) is 5. The topological polar surface area (TPSA) is 82.5 Å². The van der Waals surface area contributed by atoms with Gasteiger partial charge in [0.05, 0.1) is 6.20 Å². The number of anilines is 1. The van der Waals surface area contributed by atoms with Crippen LogP contribution in [0.25, 0.3) is 0 Å². The van der Waals surface area contributed by atoms with Gasteiger partial charge in [0.15, 0.2) is 5.82 Å². The van der Waals surface area contributed by atoms with Crippen molar-refractivity contribution >= 4 is 5.82 Å². The van der Waals surface area contributed by atoms with Gasteiger partial charge in [-0.2, -0.15) is 0 Å². The lowest BCUT2D eigenvalue weighted by atomic mass is 10.4. The molecular weight excluding hydrogens is 180 g/mol. The van der Waals surface area contributed by atoms with Crippen molar-refractivity contribution in [3.05, 3.63) is 30.0 Å². The number of aryl methyl sites for hydroxylation is 1. The van der Waals surface area contributed by atoms with E-state index < -0.39 is 0 Å². The summed E-state index contributed by atoms with van der Waals surface area (Å²) in [6.45, 7) is 2.43. The molecule has 0 bridgehead atoms. The van der Waals surface area contributed by atoms with Crippen molar-refractivity contribution in [1.82, 2.24) is 25.0 Å². The lowest BCUT2D eigenvalue weighted by Gasteiger charge is -1.98. The summed E-state index contributed by atoms with van der Waals surface area (Å²) in [5.41, 5.74) is 6.46. The lowest BCUT2D eigenvalue weighted by Crippen LogP contribution is -2.04. The van der Waals surface area contributed by atoms with Crippen LogP contribution in [-0.4, -0.2) is 25.0 Å². The third kappa shape index (κ3) is 1.85. The second kappa shape index (κ2) is 3.41. The Kier molecular flexibility index (Phi) is 2.10. The van der Waals surface area contributed by atoms with Gasteiger partial charge >= 0.3 is 0 Å². The Bertz CT molecular complexity index is 418. The van der Waals surface area contributed by atoms with Crippen LogP contribution in [0.2, 0.25) is 0 Å². The molecule has 2 aromatic rings. The maximum atomic E-state index is 5.42. The standard InChI is InChI=1S/C8H10N6/c1-6-2-10-8(11-3-6)5-14-4-7(9)12-13-14/h2-4H,5,9H2,1H3. The minimum Gasteiger partial charge on any atom is -0.381 e. The maximum Gasteiger partial charge on any atom is 0.165 e. The summed E-state index contributed by atoms with van der Waals surface area (Å²) < 4.78 is 1.60. The van der Waals surface area contributed by atoms with Gasteiger partial charge in [-0.05, 0) is 12.5 Å². The highest BCUT2D eigenvalue weighted by Gasteiger charge is 1.99. The quantitative estimate of drug-likeness (QED) is 0.721. The summed E-state index contributed by atoms with van der Waals surface area (Å²) >= 11 is 0. The van der Waals surface area contributed by atoms with Crippen molar-refractivity contribution in [3.63, 3.8) is 0 Å². The molecule has 72 valence electrons. The Balaban J connectivity index is 2.15. The van der Waals surface area contributed by atoms with E-state index in [2.05, 4.69) is 20.3 Å². The number of nitrogen functional groups attached to an aromatic ring is 1. The second-order valence-electron chi connectivity index (χ2n) is 3.02. The zero-order valence-corrected chi connectivity index (χ0v) is 7.75. The Morgan fingerprint density at radius 2 is 2.07 bits per heavy atom. The minimum absolute atomic E-state index is 0.400. The monoisotopic (exact) mass is 190 g/mol. The van der Waals surface area contributed by atoms with Crippen LogP contribution >= 0.6 is 0 Å². The van der Waals surface area contributed by atoms with Crippen molar-refractivity contribution in [2.24, 2.45) is 0 Å². The van der Waals surface area contributed by atoms with Crippen LogP contribution in [0, 0.1) is 6.92 Å². The molecular formula is C8H10N6. The highest BCUT2D eigenvalue weighted by molar-refractivity contribution is 5.20. The fraction of sp³-hybridized carbons (Fsp3) is 0.250. The Morgan fingerprint density at radius 3 is 2.64 bits per heavy atom. The van der Waals surface area contributed by atoms with Crippen LogP contribution in [0.4, 0.5) is 5.82 Å². The summed E-state index contributed by atoms with van der Waals surface area (Å²) in [7, 11) is 0. The zero-order chi connectivity index (χ0) is 9.97. The van der Waals surface area contributed by atoms with Gasteiger partial charge in [0, 0.05) is 12.4 Å².